The first-order chi connectivity index (χ1) is 10.6. The lowest BCUT2D eigenvalue weighted by Crippen LogP contribution is -2.37. The fraction of sp³-hybridized carbons (Fsp3) is 0.438. The molecule has 1 N–H and O–H groups in total. The molecule has 2 amide bonds. The number of carbonyl (C=O) groups excluding carboxylic acids is 2. The first-order valence-corrected chi connectivity index (χ1v) is 7.49. The third kappa shape index (κ3) is 2.95. The van der Waals surface area contributed by atoms with Crippen molar-refractivity contribution in [2.24, 2.45) is 0 Å². The molecule has 1 aliphatic heterocycles. The van der Waals surface area contributed by atoms with Gasteiger partial charge in [0, 0.05) is 30.3 Å². The first-order valence-electron chi connectivity index (χ1n) is 7.49. The van der Waals surface area contributed by atoms with Crippen molar-refractivity contribution in [1.82, 2.24) is 4.90 Å². The largest absolute Gasteiger partial charge is 0.480 e. The Morgan fingerprint density at radius 1 is 1.32 bits per heavy atom. The van der Waals surface area contributed by atoms with E-state index in [2.05, 4.69) is 0 Å². The SMILES string of the molecule is O=C(O)CN(C(=O)c1cccc(N2CCCC2=O)c1)C1CC1. The van der Waals surface area contributed by atoms with Crippen LogP contribution in [0.2, 0.25) is 0 Å². The molecule has 1 heterocycles. The molecular weight excluding hydrogens is 284 g/mol. The van der Waals surface area contributed by atoms with Gasteiger partial charge in [0.05, 0.1) is 0 Å². The van der Waals surface area contributed by atoms with Crippen LogP contribution in [0.1, 0.15) is 36.0 Å². The fourth-order valence-corrected chi connectivity index (χ4v) is 2.79. The van der Waals surface area contributed by atoms with Gasteiger partial charge in [0.25, 0.3) is 5.91 Å². The van der Waals surface area contributed by atoms with Crippen LogP contribution >= 0.6 is 0 Å². The van der Waals surface area contributed by atoms with E-state index in [-0.39, 0.29) is 24.4 Å². The Morgan fingerprint density at radius 3 is 2.68 bits per heavy atom. The highest BCUT2D eigenvalue weighted by Gasteiger charge is 2.34. The molecule has 1 saturated carbocycles. The summed E-state index contributed by atoms with van der Waals surface area (Å²) >= 11 is 0. The van der Waals surface area contributed by atoms with Gasteiger partial charge in [-0.3, -0.25) is 14.4 Å². The summed E-state index contributed by atoms with van der Waals surface area (Å²) in [5, 5.41) is 8.97. The van der Waals surface area contributed by atoms with Crippen molar-refractivity contribution in [2.75, 3.05) is 18.0 Å². The predicted octanol–water partition coefficient (Wildman–Crippen LogP) is 1.50. The maximum Gasteiger partial charge on any atom is 0.323 e. The second-order valence-electron chi connectivity index (χ2n) is 5.76. The highest BCUT2D eigenvalue weighted by molar-refractivity contribution is 6.00. The second-order valence-corrected chi connectivity index (χ2v) is 5.76. The summed E-state index contributed by atoms with van der Waals surface area (Å²) in [4.78, 5) is 38.4. The van der Waals surface area contributed by atoms with Gasteiger partial charge in [0.15, 0.2) is 0 Å². The number of anilines is 1. The summed E-state index contributed by atoms with van der Waals surface area (Å²) in [6.07, 6.45) is 3.06. The molecule has 2 fully saturated rings. The lowest BCUT2D eigenvalue weighted by molar-refractivity contribution is -0.137. The van der Waals surface area contributed by atoms with E-state index in [1.807, 2.05) is 0 Å². The molecule has 1 aromatic carbocycles. The molecule has 22 heavy (non-hydrogen) atoms. The lowest BCUT2D eigenvalue weighted by atomic mass is 10.1. The number of carboxylic acids is 1. The Bertz CT molecular complexity index is 624. The summed E-state index contributed by atoms with van der Waals surface area (Å²) in [6, 6.07) is 6.92. The van der Waals surface area contributed by atoms with E-state index in [4.69, 9.17) is 5.11 Å². The van der Waals surface area contributed by atoms with Gasteiger partial charge < -0.3 is 14.9 Å². The summed E-state index contributed by atoms with van der Waals surface area (Å²) in [5.41, 5.74) is 1.14. The maximum atomic E-state index is 12.6. The van der Waals surface area contributed by atoms with Gasteiger partial charge in [0.1, 0.15) is 6.54 Å². The highest BCUT2D eigenvalue weighted by atomic mass is 16.4. The van der Waals surface area contributed by atoms with Crippen LogP contribution in [0.4, 0.5) is 5.69 Å². The number of amides is 2. The minimum atomic E-state index is -1.01. The Balaban J connectivity index is 1.82. The third-order valence-corrected chi connectivity index (χ3v) is 4.03. The standard InChI is InChI=1S/C16H18N2O4/c19-14-5-2-8-17(14)13-4-1-3-11(9-13)16(22)18(10-15(20)21)12-6-7-12/h1,3-4,9,12H,2,5-8,10H2,(H,20,21). The summed E-state index contributed by atoms with van der Waals surface area (Å²) < 4.78 is 0. The normalized spacial score (nSPS) is 17.6. The van der Waals surface area contributed by atoms with Crippen LogP contribution < -0.4 is 4.90 Å². The Morgan fingerprint density at radius 2 is 2.09 bits per heavy atom. The molecule has 6 heteroatoms. The molecule has 116 valence electrons. The summed E-state index contributed by atoms with van der Waals surface area (Å²) in [5.74, 6) is -1.22. The minimum absolute atomic E-state index is 0.0284. The molecule has 3 rings (SSSR count). The van der Waals surface area contributed by atoms with Crippen LogP contribution in [0.25, 0.3) is 0 Å². The second kappa shape index (κ2) is 5.79. The van der Waals surface area contributed by atoms with Crippen molar-refractivity contribution < 1.29 is 19.5 Å². The van der Waals surface area contributed by atoms with Gasteiger partial charge in [-0.15, -0.1) is 0 Å². The average molecular weight is 302 g/mol. The zero-order valence-corrected chi connectivity index (χ0v) is 12.2. The van der Waals surface area contributed by atoms with Crippen molar-refractivity contribution in [2.45, 2.75) is 31.7 Å². The maximum absolute atomic E-state index is 12.6. The number of benzene rings is 1. The van der Waals surface area contributed by atoms with E-state index < -0.39 is 5.97 Å². The van der Waals surface area contributed by atoms with Crippen molar-refractivity contribution >= 4 is 23.5 Å². The lowest BCUT2D eigenvalue weighted by Gasteiger charge is -2.21. The summed E-state index contributed by atoms with van der Waals surface area (Å²) in [7, 11) is 0. The zero-order chi connectivity index (χ0) is 15.7. The molecule has 0 unspecified atom stereocenters. The van der Waals surface area contributed by atoms with Gasteiger partial charge in [-0.1, -0.05) is 6.07 Å². The topological polar surface area (TPSA) is 77.9 Å². The van der Waals surface area contributed by atoms with Crippen LogP contribution in [0, 0.1) is 0 Å². The van der Waals surface area contributed by atoms with E-state index >= 15 is 0 Å². The van der Waals surface area contributed by atoms with E-state index in [0.29, 0.717) is 24.2 Å². The van der Waals surface area contributed by atoms with Crippen molar-refractivity contribution in [1.29, 1.82) is 0 Å². The Labute approximate surface area is 128 Å². The Hall–Kier alpha value is -2.37. The molecule has 1 aromatic rings. The molecule has 0 spiro atoms. The van der Waals surface area contributed by atoms with Crippen LogP contribution in [0.3, 0.4) is 0 Å². The number of aliphatic carboxylic acids is 1. The number of carbonyl (C=O) groups is 3. The predicted molar refractivity (Wildman–Crippen MR) is 79.7 cm³/mol. The van der Waals surface area contributed by atoms with Gasteiger partial charge in [-0.2, -0.15) is 0 Å². The minimum Gasteiger partial charge on any atom is -0.480 e. The molecular formula is C16H18N2O4. The zero-order valence-electron chi connectivity index (χ0n) is 12.2. The smallest absolute Gasteiger partial charge is 0.323 e. The van der Waals surface area contributed by atoms with Gasteiger partial charge in [0.2, 0.25) is 5.91 Å². The summed E-state index contributed by atoms with van der Waals surface area (Å²) in [6.45, 7) is 0.383. The number of hydrogen-bond donors (Lipinski definition) is 1. The fourth-order valence-electron chi connectivity index (χ4n) is 2.79. The number of carboxylic acid groups (broad SMARTS) is 1. The van der Waals surface area contributed by atoms with Crippen LogP contribution in [0.5, 0.6) is 0 Å². The molecule has 0 aromatic heterocycles. The molecule has 0 radical (unpaired) electrons. The van der Waals surface area contributed by atoms with Crippen molar-refractivity contribution in [3.8, 4) is 0 Å². The van der Waals surface area contributed by atoms with Crippen molar-refractivity contribution in [3.63, 3.8) is 0 Å². The van der Waals surface area contributed by atoms with E-state index in [9.17, 15) is 14.4 Å². The quantitative estimate of drug-likeness (QED) is 0.894. The van der Waals surface area contributed by atoms with Crippen molar-refractivity contribution in [3.05, 3.63) is 29.8 Å². The molecule has 6 nitrogen and oxygen atoms in total. The molecule has 0 bridgehead atoms. The van der Waals surface area contributed by atoms with Crippen LogP contribution in [-0.2, 0) is 9.59 Å². The number of rotatable bonds is 5. The number of nitrogens with zero attached hydrogens (tertiary/aromatic N) is 2. The van der Waals surface area contributed by atoms with Crippen LogP contribution in [0.15, 0.2) is 24.3 Å². The molecule has 1 saturated heterocycles. The highest BCUT2D eigenvalue weighted by Crippen LogP contribution is 2.29. The monoisotopic (exact) mass is 302 g/mol. The van der Waals surface area contributed by atoms with Gasteiger partial charge >= 0.3 is 5.97 Å². The van der Waals surface area contributed by atoms with E-state index in [0.717, 1.165) is 19.3 Å². The third-order valence-electron chi connectivity index (χ3n) is 4.03. The molecule has 0 atom stereocenters. The van der Waals surface area contributed by atoms with E-state index in [1.165, 1.54) is 4.90 Å². The first kappa shape index (κ1) is 14.6. The van der Waals surface area contributed by atoms with Gasteiger partial charge in [-0.25, -0.2) is 0 Å². The van der Waals surface area contributed by atoms with Gasteiger partial charge in [-0.05, 0) is 37.5 Å². The molecule has 1 aliphatic carbocycles. The Kier molecular flexibility index (Phi) is 3.83. The number of hydrogen-bond acceptors (Lipinski definition) is 3. The van der Waals surface area contributed by atoms with E-state index in [1.54, 1.807) is 29.2 Å². The molecule has 2 aliphatic rings. The van der Waals surface area contributed by atoms with Crippen LogP contribution in [-0.4, -0.2) is 46.9 Å². The average Bonchev–Trinajstić information content (AvgIpc) is 3.25.